The fourth-order valence-electron chi connectivity index (χ4n) is 3.33. The van der Waals surface area contributed by atoms with E-state index >= 15 is 0 Å². The van der Waals surface area contributed by atoms with E-state index in [9.17, 15) is 9.90 Å². The van der Waals surface area contributed by atoms with Gasteiger partial charge in [0.15, 0.2) is 5.65 Å². The van der Waals surface area contributed by atoms with E-state index in [1.54, 1.807) is 28.9 Å². The lowest BCUT2D eigenvalue weighted by atomic mass is 10.0. The summed E-state index contributed by atoms with van der Waals surface area (Å²) >= 11 is 0. The molecule has 22 heavy (non-hydrogen) atoms. The highest BCUT2D eigenvalue weighted by Gasteiger charge is 2.34. The molecule has 1 amide bonds. The van der Waals surface area contributed by atoms with Gasteiger partial charge in [0.1, 0.15) is 0 Å². The molecule has 1 N–H and O–H groups in total. The van der Waals surface area contributed by atoms with Crippen LogP contribution in [0.1, 0.15) is 41.7 Å². The summed E-state index contributed by atoms with van der Waals surface area (Å²) in [5, 5.41) is 15.5. The van der Waals surface area contributed by atoms with E-state index in [1.807, 2.05) is 14.0 Å². The van der Waals surface area contributed by atoms with Crippen molar-refractivity contribution in [2.75, 3.05) is 13.6 Å². The third-order valence-electron chi connectivity index (χ3n) is 4.48. The van der Waals surface area contributed by atoms with Crippen molar-refractivity contribution in [3.63, 3.8) is 0 Å². The molecule has 3 rings (SSSR count). The number of aromatic nitrogens is 3. The van der Waals surface area contributed by atoms with E-state index in [4.69, 9.17) is 0 Å². The quantitative estimate of drug-likeness (QED) is 0.936. The molecule has 0 aromatic carbocycles. The second-order valence-corrected chi connectivity index (χ2v) is 6.41. The minimum Gasteiger partial charge on any atom is -0.388 e. The van der Waals surface area contributed by atoms with Crippen LogP contribution in [0.5, 0.6) is 0 Å². The zero-order valence-corrected chi connectivity index (χ0v) is 13.3. The maximum absolute atomic E-state index is 12.8. The lowest BCUT2D eigenvalue weighted by Crippen LogP contribution is -2.42. The zero-order chi connectivity index (χ0) is 15.9. The summed E-state index contributed by atoms with van der Waals surface area (Å²) in [6.07, 6.45) is 5.26. The molecule has 6 nitrogen and oxygen atoms in total. The Labute approximate surface area is 129 Å². The number of aliphatic hydroxyl groups is 1. The Balaban J connectivity index is 1.91. The highest BCUT2D eigenvalue weighted by atomic mass is 16.3. The van der Waals surface area contributed by atoms with Crippen LogP contribution >= 0.6 is 0 Å². The number of pyridine rings is 1. The summed E-state index contributed by atoms with van der Waals surface area (Å²) < 4.78 is 1.67. The molecule has 2 aromatic heterocycles. The third-order valence-corrected chi connectivity index (χ3v) is 4.48. The molecule has 1 aliphatic rings. The van der Waals surface area contributed by atoms with Crippen LogP contribution in [-0.2, 0) is 7.05 Å². The van der Waals surface area contributed by atoms with Gasteiger partial charge < -0.3 is 10.0 Å². The van der Waals surface area contributed by atoms with Crippen LogP contribution in [0.3, 0.4) is 0 Å². The Morgan fingerprint density at radius 2 is 2.14 bits per heavy atom. The number of amides is 1. The maximum Gasteiger partial charge on any atom is 0.254 e. The van der Waals surface area contributed by atoms with Crippen molar-refractivity contribution in [1.82, 2.24) is 19.7 Å². The number of aryl methyl sites for hydroxylation is 2. The van der Waals surface area contributed by atoms with Crippen LogP contribution in [0, 0.1) is 6.92 Å². The monoisotopic (exact) mass is 302 g/mol. The van der Waals surface area contributed by atoms with Crippen molar-refractivity contribution in [3.8, 4) is 0 Å². The molecule has 0 unspecified atom stereocenters. The number of carbonyl (C=O) groups is 1. The van der Waals surface area contributed by atoms with Gasteiger partial charge in [-0.3, -0.25) is 9.48 Å². The molecule has 118 valence electrons. The number of hydrogen-bond donors (Lipinski definition) is 1. The molecule has 1 saturated carbocycles. The lowest BCUT2D eigenvalue weighted by Gasteiger charge is -2.28. The van der Waals surface area contributed by atoms with Gasteiger partial charge in [-0.2, -0.15) is 5.10 Å². The van der Waals surface area contributed by atoms with Gasteiger partial charge >= 0.3 is 0 Å². The SMILES string of the molecule is Cc1cc(C(=O)N(C)CC2(O)CCCC2)c2cnn(C)c2n1. The van der Waals surface area contributed by atoms with Crippen molar-refractivity contribution in [2.24, 2.45) is 7.05 Å². The predicted molar refractivity (Wildman–Crippen MR) is 83.6 cm³/mol. The number of nitrogens with zero attached hydrogens (tertiary/aromatic N) is 4. The smallest absolute Gasteiger partial charge is 0.254 e. The normalized spacial score (nSPS) is 17.1. The second kappa shape index (κ2) is 5.35. The van der Waals surface area contributed by atoms with Crippen molar-refractivity contribution in [1.29, 1.82) is 0 Å². The van der Waals surface area contributed by atoms with Crippen LogP contribution in [0.25, 0.3) is 11.0 Å². The van der Waals surface area contributed by atoms with Gasteiger partial charge in [-0.05, 0) is 25.8 Å². The molecule has 0 bridgehead atoms. The van der Waals surface area contributed by atoms with Crippen LogP contribution in [0.2, 0.25) is 0 Å². The lowest BCUT2D eigenvalue weighted by molar-refractivity contribution is 0.0157. The zero-order valence-electron chi connectivity index (χ0n) is 13.3. The Kier molecular flexibility index (Phi) is 3.64. The summed E-state index contributed by atoms with van der Waals surface area (Å²) in [5.41, 5.74) is 1.35. The van der Waals surface area contributed by atoms with E-state index in [2.05, 4.69) is 10.1 Å². The van der Waals surface area contributed by atoms with Gasteiger partial charge in [-0.15, -0.1) is 0 Å². The molecule has 1 aliphatic carbocycles. The van der Waals surface area contributed by atoms with E-state index in [-0.39, 0.29) is 5.91 Å². The molecule has 0 atom stereocenters. The van der Waals surface area contributed by atoms with Crippen LogP contribution in [0.15, 0.2) is 12.3 Å². The largest absolute Gasteiger partial charge is 0.388 e. The third kappa shape index (κ3) is 2.59. The van der Waals surface area contributed by atoms with Crippen LogP contribution < -0.4 is 0 Å². The van der Waals surface area contributed by atoms with Gasteiger partial charge in [0.2, 0.25) is 0 Å². The van der Waals surface area contributed by atoms with Crippen molar-refractivity contribution in [3.05, 3.63) is 23.5 Å². The number of hydrogen-bond acceptors (Lipinski definition) is 4. The molecule has 0 radical (unpaired) electrons. The highest BCUT2D eigenvalue weighted by molar-refractivity contribution is 6.05. The fraction of sp³-hybridized carbons (Fsp3) is 0.562. The summed E-state index contributed by atoms with van der Waals surface area (Å²) in [5.74, 6) is -0.0937. The highest BCUT2D eigenvalue weighted by Crippen LogP contribution is 2.30. The van der Waals surface area contributed by atoms with E-state index in [0.717, 1.165) is 36.8 Å². The fourth-order valence-corrected chi connectivity index (χ4v) is 3.33. The first kappa shape index (κ1) is 15.0. The molecule has 0 saturated heterocycles. The molecule has 2 heterocycles. The van der Waals surface area contributed by atoms with Crippen molar-refractivity contribution in [2.45, 2.75) is 38.2 Å². The Hall–Kier alpha value is -1.95. The first-order valence-corrected chi connectivity index (χ1v) is 7.67. The minimum atomic E-state index is -0.736. The van der Waals surface area contributed by atoms with Gasteiger partial charge in [0, 0.05) is 26.3 Å². The summed E-state index contributed by atoms with van der Waals surface area (Å²) in [7, 11) is 3.56. The summed E-state index contributed by atoms with van der Waals surface area (Å²) in [6, 6.07) is 1.79. The average molecular weight is 302 g/mol. The average Bonchev–Trinajstić information content (AvgIpc) is 3.04. The van der Waals surface area contributed by atoms with Crippen LogP contribution in [0.4, 0.5) is 0 Å². The molecule has 0 aliphatic heterocycles. The first-order valence-electron chi connectivity index (χ1n) is 7.67. The van der Waals surface area contributed by atoms with Gasteiger partial charge in [0.05, 0.1) is 22.7 Å². The molecular weight excluding hydrogens is 280 g/mol. The number of rotatable bonds is 3. The van der Waals surface area contributed by atoms with Gasteiger partial charge in [0.25, 0.3) is 5.91 Å². The Morgan fingerprint density at radius 3 is 2.82 bits per heavy atom. The minimum absolute atomic E-state index is 0.0937. The standard InChI is InChI=1S/C16H22N4O2/c1-11-8-12(13-9-17-20(3)14(13)18-11)15(21)19(2)10-16(22)6-4-5-7-16/h8-9,22H,4-7,10H2,1-3H3. The van der Waals surface area contributed by atoms with E-state index in [1.165, 1.54) is 0 Å². The molecule has 1 fully saturated rings. The Morgan fingerprint density at radius 1 is 1.45 bits per heavy atom. The van der Waals surface area contributed by atoms with Crippen molar-refractivity contribution < 1.29 is 9.90 Å². The topological polar surface area (TPSA) is 71.2 Å². The number of fused-ring (bicyclic) bond motifs is 1. The molecular formula is C16H22N4O2. The number of likely N-dealkylation sites (N-methyl/N-ethyl adjacent to an activating group) is 1. The summed E-state index contributed by atoms with van der Waals surface area (Å²) in [6.45, 7) is 2.24. The Bertz CT molecular complexity index is 716. The predicted octanol–water partition coefficient (Wildman–Crippen LogP) is 1.65. The number of carbonyl (C=O) groups excluding carboxylic acids is 1. The van der Waals surface area contributed by atoms with Crippen LogP contribution in [-0.4, -0.2) is 49.9 Å². The molecule has 2 aromatic rings. The van der Waals surface area contributed by atoms with E-state index in [0.29, 0.717) is 17.8 Å². The van der Waals surface area contributed by atoms with Gasteiger partial charge in [-0.1, -0.05) is 12.8 Å². The summed E-state index contributed by atoms with van der Waals surface area (Å²) in [4.78, 5) is 18.9. The first-order chi connectivity index (χ1) is 10.4. The second-order valence-electron chi connectivity index (χ2n) is 6.41. The van der Waals surface area contributed by atoms with Crippen molar-refractivity contribution >= 4 is 16.9 Å². The molecule has 0 spiro atoms. The van der Waals surface area contributed by atoms with Gasteiger partial charge in [-0.25, -0.2) is 4.98 Å². The molecule has 6 heteroatoms. The van der Waals surface area contributed by atoms with E-state index < -0.39 is 5.60 Å². The maximum atomic E-state index is 12.8.